The number of hydrogen-bond acceptors (Lipinski definition) is 3. The van der Waals surface area contributed by atoms with Crippen molar-refractivity contribution in [3.05, 3.63) is 40.0 Å². The average molecular weight is 342 g/mol. The molecule has 22 heavy (non-hydrogen) atoms. The third-order valence-electron chi connectivity index (χ3n) is 3.35. The first-order valence-electron chi connectivity index (χ1n) is 6.85. The number of hydrogen-bond donors (Lipinski definition) is 3. The molecular formula is C15H17Cl2N3O2. The third kappa shape index (κ3) is 3.80. The number of H-pyrrole nitrogens is 1. The number of nitrogens with zero attached hydrogens (tertiary/aromatic N) is 1. The molecule has 0 bridgehead atoms. The normalized spacial score (nSPS) is 12.5. The maximum atomic E-state index is 12.2. The molecule has 1 aromatic heterocycles. The van der Waals surface area contributed by atoms with E-state index in [9.17, 15) is 9.90 Å². The standard InChI is InChI=1S/C15H17Cl2N3O2/c1-8(2)14(7-21)18-15(22)13-6-12(19-20-13)10-4-3-9(16)5-11(10)17/h3-6,8,14,21H,7H2,1-2H3,(H,18,22)(H,19,20). The minimum absolute atomic E-state index is 0.118. The van der Waals surface area contributed by atoms with Gasteiger partial charge in [0.2, 0.25) is 0 Å². The second-order valence-electron chi connectivity index (χ2n) is 5.30. The molecular weight excluding hydrogens is 325 g/mol. The summed E-state index contributed by atoms with van der Waals surface area (Å²) in [5.41, 5.74) is 1.54. The van der Waals surface area contributed by atoms with E-state index in [-0.39, 0.29) is 24.5 Å². The molecule has 7 heteroatoms. The predicted molar refractivity (Wildman–Crippen MR) is 87.2 cm³/mol. The van der Waals surface area contributed by atoms with Crippen LogP contribution in [0, 0.1) is 5.92 Å². The molecule has 0 saturated heterocycles. The zero-order chi connectivity index (χ0) is 16.3. The van der Waals surface area contributed by atoms with Crippen molar-refractivity contribution in [2.75, 3.05) is 6.61 Å². The van der Waals surface area contributed by atoms with E-state index < -0.39 is 0 Å². The van der Waals surface area contributed by atoms with Gasteiger partial charge in [0, 0.05) is 10.6 Å². The predicted octanol–water partition coefficient (Wildman–Crippen LogP) is 3.13. The van der Waals surface area contributed by atoms with E-state index in [0.29, 0.717) is 27.0 Å². The summed E-state index contributed by atoms with van der Waals surface area (Å²) < 4.78 is 0. The van der Waals surface area contributed by atoms with Crippen LogP contribution in [0.25, 0.3) is 11.3 Å². The number of aromatic nitrogens is 2. The monoisotopic (exact) mass is 341 g/mol. The van der Waals surface area contributed by atoms with Gasteiger partial charge in [0.05, 0.1) is 23.4 Å². The molecule has 1 unspecified atom stereocenters. The van der Waals surface area contributed by atoms with Crippen molar-refractivity contribution in [3.63, 3.8) is 0 Å². The maximum Gasteiger partial charge on any atom is 0.269 e. The van der Waals surface area contributed by atoms with Gasteiger partial charge in [-0.3, -0.25) is 9.89 Å². The van der Waals surface area contributed by atoms with Crippen molar-refractivity contribution in [2.24, 2.45) is 5.92 Å². The molecule has 2 rings (SSSR count). The lowest BCUT2D eigenvalue weighted by molar-refractivity contribution is 0.0892. The number of nitrogens with one attached hydrogen (secondary N) is 2. The lowest BCUT2D eigenvalue weighted by atomic mass is 10.1. The van der Waals surface area contributed by atoms with Crippen LogP contribution in [0.15, 0.2) is 24.3 Å². The Hall–Kier alpha value is -1.56. The first-order valence-corrected chi connectivity index (χ1v) is 7.60. The van der Waals surface area contributed by atoms with E-state index >= 15 is 0 Å². The molecule has 3 N–H and O–H groups in total. The molecule has 0 aliphatic carbocycles. The van der Waals surface area contributed by atoms with E-state index in [2.05, 4.69) is 15.5 Å². The number of amides is 1. The van der Waals surface area contributed by atoms with Gasteiger partial charge in [0.25, 0.3) is 5.91 Å². The van der Waals surface area contributed by atoms with Gasteiger partial charge in [-0.1, -0.05) is 37.0 Å². The first kappa shape index (κ1) is 16.8. The lowest BCUT2D eigenvalue weighted by Gasteiger charge is -2.19. The molecule has 0 aliphatic rings. The van der Waals surface area contributed by atoms with E-state index in [0.717, 1.165) is 0 Å². The van der Waals surface area contributed by atoms with E-state index in [1.54, 1.807) is 24.3 Å². The fourth-order valence-corrected chi connectivity index (χ4v) is 2.45. The summed E-state index contributed by atoms with van der Waals surface area (Å²) in [6.07, 6.45) is 0. The van der Waals surface area contributed by atoms with Gasteiger partial charge in [0.1, 0.15) is 5.69 Å². The zero-order valence-electron chi connectivity index (χ0n) is 12.2. The van der Waals surface area contributed by atoms with E-state index in [1.165, 1.54) is 0 Å². The van der Waals surface area contributed by atoms with Crippen LogP contribution in [0.5, 0.6) is 0 Å². The Morgan fingerprint density at radius 3 is 2.68 bits per heavy atom. The van der Waals surface area contributed by atoms with Crippen LogP contribution in [0.2, 0.25) is 10.0 Å². The molecule has 0 saturated carbocycles. The average Bonchev–Trinajstić information content (AvgIpc) is 2.93. The number of aliphatic hydroxyl groups is 1. The van der Waals surface area contributed by atoms with Crippen molar-refractivity contribution in [3.8, 4) is 11.3 Å². The van der Waals surface area contributed by atoms with Crippen molar-refractivity contribution in [1.82, 2.24) is 15.5 Å². The number of halogens is 2. The Kier molecular flexibility index (Phi) is 5.45. The topological polar surface area (TPSA) is 78.0 Å². The van der Waals surface area contributed by atoms with Crippen LogP contribution in [-0.2, 0) is 0 Å². The Labute approximate surface area is 138 Å². The molecule has 1 atom stereocenters. The lowest BCUT2D eigenvalue weighted by Crippen LogP contribution is -2.41. The fourth-order valence-electron chi connectivity index (χ4n) is 1.94. The minimum atomic E-state index is -0.323. The summed E-state index contributed by atoms with van der Waals surface area (Å²) in [4.78, 5) is 12.2. The van der Waals surface area contributed by atoms with Crippen LogP contribution in [-0.4, -0.2) is 33.9 Å². The molecule has 0 fully saturated rings. The van der Waals surface area contributed by atoms with E-state index in [1.807, 2.05) is 13.8 Å². The SMILES string of the molecule is CC(C)C(CO)NC(=O)c1cc(-c2ccc(Cl)cc2Cl)n[nH]1. The van der Waals surface area contributed by atoms with E-state index in [4.69, 9.17) is 23.2 Å². The Bertz CT molecular complexity index is 671. The number of aliphatic hydroxyl groups excluding tert-OH is 1. The largest absolute Gasteiger partial charge is 0.394 e. The van der Waals surface area contributed by atoms with Crippen molar-refractivity contribution in [2.45, 2.75) is 19.9 Å². The molecule has 1 heterocycles. The molecule has 1 aromatic carbocycles. The number of carbonyl (C=O) groups is 1. The van der Waals surface area contributed by atoms with Crippen molar-refractivity contribution in [1.29, 1.82) is 0 Å². The van der Waals surface area contributed by atoms with Gasteiger partial charge in [0.15, 0.2) is 0 Å². The van der Waals surface area contributed by atoms with Gasteiger partial charge in [-0.05, 0) is 30.2 Å². The number of rotatable bonds is 5. The Balaban J connectivity index is 2.19. The second kappa shape index (κ2) is 7.13. The van der Waals surface area contributed by atoms with Gasteiger partial charge < -0.3 is 10.4 Å². The Morgan fingerprint density at radius 2 is 2.09 bits per heavy atom. The molecule has 1 amide bonds. The number of aromatic amines is 1. The van der Waals surface area contributed by atoms with Gasteiger partial charge in [-0.25, -0.2) is 0 Å². The maximum absolute atomic E-state index is 12.2. The highest BCUT2D eigenvalue weighted by Crippen LogP contribution is 2.29. The van der Waals surface area contributed by atoms with Gasteiger partial charge in [-0.2, -0.15) is 5.10 Å². The second-order valence-corrected chi connectivity index (χ2v) is 6.14. The summed E-state index contributed by atoms with van der Waals surface area (Å²) in [5.74, 6) is -0.196. The summed E-state index contributed by atoms with van der Waals surface area (Å²) >= 11 is 12.0. The summed E-state index contributed by atoms with van der Waals surface area (Å²) in [7, 11) is 0. The molecule has 118 valence electrons. The van der Waals surface area contributed by atoms with Crippen LogP contribution in [0.3, 0.4) is 0 Å². The highest BCUT2D eigenvalue weighted by atomic mass is 35.5. The first-order chi connectivity index (χ1) is 10.4. The smallest absolute Gasteiger partial charge is 0.269 e. The highest BCUT2D eigenvalue weighted by Gasteiger charge is 2.18. The van der Waals surface area contributed by atoms with Gasteiger partial charge in [-0.15, -0.1) is 0 Å². The quantitative estimate of drug-likeness (QED) is 0.781. The van der Waals surface area contributed by atoms with Gasteiger partial charge >= 0.3 is 0 Å². The summed E-state index contributed by atoms with van der Waals surface area (Å²) in [6.45, 7) is 3.73. The minimum Gasteiger partial charge on any atom is -0.394 e. The van der Waals surface area contributed by atoms with Crippen LogP contribution in [0.4, 0.5) is 0 Å². The van der Waals surface area contributed by atoms with Crippen LogP contribution < -0.4 is 5.32 Å². The van der Waals surface area contributed by atoms with Crippen LogP contribution >= 0.6 is 23.2 Å². The van der Waals surface area contributed by atoms with Crippen molar-refractivity contribution < 1.29 is 9.90 Å². The third-order valence-corrected chi connectivity index (χ3v) is 3.90. The zero-order valence-corrected chi connectivity index (χ0v) is 13.7. The summed E-state index contributed by atoms with van der Waals surface area (Å²) in [5, 5.41) is 19.8. The number of benzene rings is 1. The molecule has 2 aromatic rings. The highest BCUT2D eigenvalue weighted by molar-refractivity contribution is 6.36. The van der Waals surface area contributed by atoms with Crippen molar-refractivity contribution >= 4 is 29.1 Å². The summed E-state index contributed by atoms with van der Waals surface area (Å²) in [6, 6.07) is 6.37. The van der Waals surface area contributed by atoms with Crippen LogP contribution in [0.1, 0.15) is 24.3 Å². The fraction of sp³-hybridized carbons (Fsp3) is 0.333. The molecule has 0 radical (unpaired) electrons. The number of carbonyl (C=O) groups excluding carboxylic acids is 1. The molecule has 5 nitrogen and oxygen atoms in total. The molecule has 0 spiro atoms. The Morgan fingerprint density at radius 1 is 1.36 bits per heavy atom. The molecule has 0 aliphatic heterocycles.